The van der Waals surface area contributed by atoms with Crippen molar-refractivity contribution in [3.8, 4) is 5.75 Å². The number of halogens is 3. The van der Waals surface area contributed by atoms with Crippen LogP contribution >= 0.6 is 0 Å². The van der Waals surface area contributed by atoms with E-state index in [0.717, 1.165) is 11.3 Å². The van der Waals surface area contributed by atoms with Gasteiger partial charge in [0.15, 0.2) is 11.6 Å². The van der Waals surface area contributed by atoms with Gasteiger partial charge in [-0.15, -0.1) is 0 Å². The van der Waals surface area contributed by atoms with Gasteiger partial charge in [0.05, 0.1) is 6.54 Å². The van der Waals surface area contributed by atoms with Gasteiger partial charge in [-0.25, -0.2) is 13.2 Å². The summed E-state index contributed by atoms with van der Waals surface area (Å²) in [7, 11) is 0. The summed E-state index contributed by atoms with van der Waals surface area (Å²) in [6, 6.07) is 8.89. The van der Waals surface area contributed by atoms with Gasteiger partial charge in [0.25, 0.3) is 0 Å². The molecule has 5 heteroatoms. The first-order chi connectivity index (χ1) is 9.63. The van der Waals surface area contributed by atoms with Gasteiger partial charge in [0, 0.05) is 18.6 Å². The fraction of sp³-hybridized carbons (Fsp3) is 0.200. The van der Waals surface area contributed by atoms with Gasteiger partial charge in [-0.2, -0.15) is 0 Å². The molecule has 0 saturated heterocycles. The average molecular weight is 279 g/mol. The predicted octanol–water partition coefficient (Wildman–Crippen LogP) is 3.52. The van der Waals surface area contributed by atoms with Crippen molar-refractivity contribution >= 4 is 5.69 Å². The minimum atomic E-state index is -0.946. The second kappa shape index (κ2) is 5.07. The highest BCUT2D eigenvalue weighted by Crippen LogP contribution is 2.28. The van der Waals surface area contributed by atoms with Crippen molar-refractivity contribution in [1.82, 2.24) is 0 Å². The molecule has 1 atom stereocenters. The zero-order valence-corrected chi connectivity index (χ0v) is 10.5. The van der Waals surface area contributed by atoms with E-state index in [1.54, 1.807) is 0 Å². The van der Waals surface area contributed by atoms with E-state index in [2.05, 4.69) is 5.32 Å². The third kappa shape index (κ3) is 2.43. The van der Waals surface area contributed by atoms with E-state index in [1.807, 2.05) is 24.3 Å². The second-order valence-corrected chi connectivity index (χ2v) is 4.68. The lowest BCUT2D eigenvalue weighted by molar-refractivity contribution is 0.246. The molecule has 0 bridgehead atoms. The number of fused-ring (bicyclic) bond motifs is 1. The predicted molar refractivity (Wildman–Crippen MR) is 69.4 cm³/mol. The minimum Gasteiger partial charge on any atom is -0.488 e. The van der Waals surface area contributed by atoms with Gasteiger partial charge in [0.1, 0.15) is 23.4 Å². The highest BCUT2D eigenvalue weighted by molar-refractivity contribution is 5.47. The number of hydrogen-bond donors (Lipinski definition) is 1. The molecule has 1 aliphatic heterocycles. The Labute approximate surface area is 114 Å². The molecule has 2 nitrogen and oxygen atoms in total. The Morgan fingerprint density at radius 3 is 2.50 bits per heavy atom. The van der Waals surface area contributed by atoms with Gasteiger partial charge in [-0.3, -0.25) is 0 Å². The normalized spacial score (nSPS) is 16.6. The maximum absolute atomic E-state index is 13.5. The number of nitrogens with one attached hydrogen (secondary N) is 1. The number of benzene rings is 2. The zero-order chi connectivity index (χ0) is 14.1. The van der Waals surface area contributed by atoms with E-state index >= 15 is 0 Å². The molecule has 0 spiro atoms. The van der Waals surface area contributed by atoms with E-state index in [1.165, 1.54) is 0 Å². The highest BCUT2D eigenvalue weighted by atomic mass is 19.1. The molecule has 0 saturated carbocycles. The van der Waals surface area contributed by atoms with Gasteiger partial charge in [-0.05, 0) is 11.6 Å². The molecule has 1 N–H and O–H groups in total. The Balaban J connectivity index is 1.67. The first-order valence-electron chi connectivity index (χ1n) is 6.26. The topological polar surface area (TPSA) is 21.3 Å². The quantitative estimate of drug-likeness (QED) is 0.928. The van der Waals surface area contributed by atoms with Crippen LogP contribution in [0.15, 0.2) is 36.4 Å². The molecule has 1 heterocycles. The molecule has 2 aromatic carbocycles. The average Bonchev–Trinajstić information content (AvgIpc) is 2.80. The number of rotatable bonds is 3. The molecule has 20 heavy (non-hydrogen) atoms. The first-order valence-corrected chi connectivity index (χ1v) is 6.26. The molecule has 0 fully saturated rings. The molecule has 3 rings (SSSR count). The van der Waals surface area contributed by atoms with Gasteiger partial charge < -0.3 is 10.1 Å². The van der Waals surface area contributed by atoms with Crippen LogP contribution < -0.4 is 10.1 Å². The van der Waals surface area contributed by atoms with Crippen molar-refractivity contribution in [2.24, 2.45) is 0 Å². The molecule has 1 unspecified atom stereocenters. The summed E-state index contributed by atoms with van der Waals surface area (Å²) < 4.78 is 45.4. The maximum atomic E-state index is 13.5. The molecular weight excluding hydrogens is 267 g/mol. The van der Waals surface area contributed by atoms with Crippen LogP contribution in [0.1, 0.15) is 5.56 Å². The summed E-state index contributed by atoms with van der Waals surface area (Å²) in [6.45, 7) is 0.244. The van der Waals surface area contributed by atoms with E-state index in [9.17, 15) is 13.2 Å². The zero-order valence-electron chi connectivity index (χ0n) is 10.5. The third-order valence-electron chi connectivity index (χ3n) is 3.23. The van der Waals surface area contributed by atoms with Crippen LogP contribution in [-0.4, -0.2) is 12.6 Å². The number of anilines is 1. The lowest BCUT2D eigenvalue weighted by Crippen LogP contribution is -2.24. The van der Waals surface area contributed by atoms with Crippen LogP contribution in [0.4, 0.5) is 18.9 Å². The Morgan fingerprint density at radius 1 is 1.10 bits per heavy atom. The minimum absolute atomic E-state index is 0.198. The van der Waals surface area contributed by atoms with E-state index < -0.39 is 17.5 Å². The number of ether oxygens (including phenoxy) is 1. The van der Waals surface area contributed by atoms with Crippen LogP contribution in [0, 0.1) is 17.5 Å². The summed E-state index contributed by atoms with van der Waals surface area (Å²) in [4.78, 5) is 0. The van der Waals surface area contributed by atoms with Gasteiger partial charge in [0.2, 0.25) is 0 Å². The summed E-state index contributed by atoms with van der Waals surface area (Å²) in [6.07, 6.45) is 0.476. The van der Waals surface area contributed by atoms with Crippen LogP contribution in [0.25, 0.3) is 0 Å². The largest absolute Gasteiger partial charge is 0.488 e. The molecule has 0 aliphatic carbocycles. The molecule has 2 aromatic rings. The Hall–Kier alpha value is -2.17. The lowest BCUT2D eigenvalue weighted by Gasteiger charge is -2.14. The second-order valence-electron chi connectivity index (χ2n) is 4.68. The fourth-order valence-corrected chi connectivity index (χ4v) is 2.29. The van der Waals surface area contributed by atoms with Crippen molar-refractivity contribution in [1.29, 1.82) is 0 Å². The van der Waals surface area contributed by atoms with Crippen molar-refractivity contribution in [3.05, 3.63) is 59.4 Å². The Bertz CT molecular complexity index is 597. The van der Waals surface area contributed by atoms with Gasteiger partial charge in [-0.1, -0.05) is 18.2 Å². The SMILES string of the molecule is Fc1cc(F)c(NCC2Cc3ccccc3O2)c(F)c1. The maximum Gasteiger partial charge on any atom is 0.152 e. The van der Waals surface area contributed by atoms with Crippen molar-refractivity contribution in [3.63, 3.8) is 0 Å². The molecule has 0 radical (unpaired) electrons. The molecule has 1 aliphatic rings. The van der Waals surface area contributed by atoms with Crippen LogP contribution in [0.2, 0.25) is 0 Å². The molecule has 104 valence electrons. The van der Waals surface area contributed by atoms with Crippen LogP contribution in [-0.2, 0) is 6.42 Å². The summed E-state index contributed by atoms with van der Waals surface area (Å²) in [5, 5.41) is 2.64. The smallest absolute Gasteiger partial charge is 0.152 e. The lowest BCUT2D eigenvalue weighted by atomic mass is 10.1. The third-order valence-corrected chi connectivity index (χ3v) is 3.23. The summed E-state index contributed by atoms with van der Waals surface area (Å²) in [5.41, 5.74) is 0.741. The molecule has 0 amide bonds. The molecule has 0 aromatic heterocycles. The highest BCUT2D eigenvalue weighted by Gasteiger charge is 2.23. The van der Waals surface area contributed by atoms with Crippen molar-refractivity contribution in [2.75, 3.05) is 11.9 Å². The Morgan fingerprint density at radius 2 is 1.80 bits per heavy atom. The van der Waals surface area contributed by atoms with E-state index in [-0.39, 0.29) is 18.3 Å². The summed E-state index contributed by atoms with van der Waals surface area (Å²) in [5.74, 6) is -2.04. The molecular formula is C15H12F3NO. The standard InChI is InChI=1S/C15H12F3NO/c16-10-6-12(17)15(13(18)7-10)19-8-11-5-9-3-1-2-4-14(9)20-11/h1-4,6-7,11,19H,5,8H2. The number of hydrogen-bond acceptors (Lipinski definition) is 2. The summed E-state index contributed by atoms with van der Waals surface area (Å²) >= 11 is 0. The van der Waals surface area contributed by atoms with E-state index in [0.29, 0.717) is 18.6 Å². The van der Waals surface area contributed by atoms with Crippen LogP contribution in [0.5, 0.6) is 5.75 Å². The first kappa shape index (κ1) is 12.8. The monoisotopic (exact) mass is 279 g/mol. The Kier molecular flexibility index (Phi) is 3.26. The fourth-order valence-electron chi connectivity index (χ4n) is 2.29. The van der Waals surface area contributed by atoms with Crippen LogP contribution in [0.3, 0.4) is 0 Å². The van der Waals surface area contributed by atoms with Crippen molar-refractivity contribution < 1.29 is 17.9 Å². The van der Waals surface area contributed by atoms with Crippen molar-refractivity contribution in [2.45, 2.75) is 12.5 Å². The van der Waals surface area contributed by atoms with E-state index in [4.69, 9.17) is 4.74 Å². The number of para-hydroxylation sites is 1. The van der Waals surface area contributed by atoms with Gasteiger partial charge >= 0.3 is 0 Å².